The van der Waals surface area contributed by atoms with Gasteiger partial charge in [0, 0.05) is 12.1 Å². The van der Waals surface area contributed by atoms with Crippen LogP contribution < -0.4 is 10.1 Å². The number of esters is 1. The Morgan fingerprint density at radius 2 is 1.67 bits per heavy atom. The number of hydrogen-bond acceptors (Lipinski definition) is 4. The van der Waals surface area contributed by atoms with Crippen LogP contribution in [0.1, 0.15) is 49.0 Å². The minimum Gasteiger partial charge on any atom is -0.494 e. The Morgan fingerprint density at radius 1 is 0.963 bits per heavy atom. The maximum Gasteiger partial charge on any atom is 0.338 e. The lowest BCUT2D eigenvalue weighted by Gasteiger charge is -2.08. The predicted molar refractivity (Wildman–Crippen MR) is 106 cm³/mol. The van der Waals surface area contributed by atoms with Crippen LogP contribution in [-0.2, 0) is 16.0 Å². The molecule has 0 fully saturated rings. The maximum absolute atomic E-state index is 12.1. The number of unbranched alkanes of at least 4 members (excludes halogenated alkanes) is 1. The Hall–Kier alpha value is -2.82. The van der Waals surface area contributed by atoms with E-state index >= 15 is 0 Å². The van der Waals surface area contributed by atoms with Crippen LogP contribution >= 0.6 is 0 Å². The molecule has 0 aliphatic rings. The second-order valence-electron chi connectivity index (χ2n) is 6.19. The molecule has 1 N–H and O–H groups in total. The summed E-state index contributed by atoms with van der Waals surface area (Å²) in [7, 11) is 0. The Balaban J connectivity index is 1.78. The van der Waals surface area contributed by atoms with E-state index in [1.54, 1.807) is 24.3 Å². The fraction of sp³-hybridized carbons (Fsp3) is 0.364. The lowest BCUT2D eigenvalue weighted by atomic mass is 10.1. The summed E-state index contributed by atoms with van der Waals surface area (Å²) in [5.41, 5.74) is 2.23. The molecule has 2 aromatic rings. The van der Waals surface area contributed by atoms with Gasteiger partial charge in [-0.05, 0) is 61.7 Å². The molecule has 0 bridgehead atoms. The van der Waals surface area contributed by atoms with E-state index in [2.05, 4.69) is 5.32 Å². The summed E-state index contributed by atoms with van der Waals surface area (Å²) >= 11 is 0. The number of carbonyl (C=O) groups excluding carboxylic acids is 2. The third-order valence-electron chi connectivity index (χ3n) is 4.01. The van der Waals surface area contributed by atoms with Crippen molar-refractivity contribution in [1.82, 2.24) is 0 Å². The summed E-state index contributed by atoms with van der Waals surface area (Å²) in [6.45, 7) is 5.05. The fourth-order valence-electron chi connectivity index (χ4n) is 2.48. The number of aryl methyl sites for hydroxylation is 1. The number of benzene rings is 2. The molecule has 0 aliphatic heterocycles. The van der Waals surface area contributed by atoms with Crippen molar-refractivity contribution in [2.75, 3.05) is 18.5 Å². The van der Waals surface area contributed by atoms with Crippen LogP contribution in [0.15, 0.2) is 48.5 Å². The molecule has 2 rings (SSSR count). The minimum atomic E-state index is -0.336. The van der Waals surface area contributed by atoms with Crippen molar-refractivity contribution in [1.29, 1.82) is 0 Å². The van der Waals surface area contributed by atoms with Crippen molar-refractivity contribution in [3.8, 4) is 5.75 Å². The number of hydrogen-bond donors (Lipinski definition) is 1. The second-order valence-corrected chi connectivity index (χ2v) is 6.19. The molecule has 144 valence electrons. The maximum atomic E-state index is 12.1. The van der Waals surface area contributed by atoms with Crippen LogP contribution in [0.5, 0.6) is 5.75 Å². The van der Waals surface area contributed by atoms with E-state index in [1.807, 2.05) is 38.1 Å². The zero-order valence-electron chi connectivity index (χ0n) is 16.0. The van der Waals surface area contributed by atoms with Crippen LogP contribution in [0.4, 0.5) is 5.69 Å². The standard InChI is InChI=1S/C22H27NO4/c1-3-5-16-27-22(25)18-9-11-19(12-10-18)23-21(24)15-8-17-6-13-20(14-7-17)26-4-2/h6-7,9-14H,3-5,8,15-16H2,1-2H3,(H,23,24). The van der Waals surface area contributed by atoms with Gasteiger partial charge in [-0.3, -0.25) is 4.79 Å². The Morgan fingerprint density at radius 3 is 2.30 bits per heavy atom. The number of carbonyl (C=O) groups is 2. The highest BCUT2D eigenvalue weighted by Crippen LogP contribution is 2.15. The smallest absolute Gasteiger partial charge is 0.338 e. The van der Waals surface area contributed by atoms with Gasteiger partial charge in [-0.15, -0.1) is 0 Å². The molecule has 2 aromatic carbocycles. The van der Waals surface area contributed by atoms with Crippen molar-refractivity contribution in [3.05, 3.63) is 59.7 Å². The summed E-state index contributed by atoms with van der Waals surface area (Å²) in [6.07, 6.45) is 2.87. The highest BCUT2D eigenvalue weighted by molar-refractivity contribution is 5.93. The predicted octanol–water partition coefficient (Wildman–Crippen LogP) is 4.61. The molecule has 1 amide bonds. The zero-order chi connectivity index (χ0) is 19.5. The van der Waals surface area contributed by atoms with Gasteiger partial charge in [0.2, 0.25) is 5.91 Å². The summed E-state index contributed by atoms with van der Waals surface area (Å²) < 4.78 is 10.6. The van der Waals surface area contributed by atoms with Crippen LogP contribution in [0.25, 0.3) is 0 Å². The molecule has 0 aromatic heterocycles. The molecule has 0 saturated heterocycles. The first-order valence-corrected chi connectivity index (χ1v) is 9.41. The van der Waals surface area contributed by atoms with Gasteiger partial charge < -0.3 is 14.8 Å². The van der Waals surface area contributed by atoms with Gasteiger partial charge in [0.15, 0.2) is 0 Å². The molecule has 0 unspecified atom stereocenters. The topological polar surface area (TPSA) is 64.6 Å². The van der Waals surface area contributed by atoms with E-state index in [4.69, 9.17) is 9.47 Å². The number of ether oxygens (including phenoxy) is 2. The first kappa shape index (κ1) is 20.5. The molecular weight excluding hydrogens is 342 g/mol. The lowest BCUT2D eigenvalue weighted by Crippen LogP contribution is -2.12. The quantitative estimate of drug-likeness (QED) is 0.490. The average Bonchev–Trinajstić information content (AvgIpc) is 2.68. The van der Waals surface area contributed by atoms with Crippen molar-refractivity contribution < 1.29 is 19.1 Å². The first-order chi connectivity index (χ1) is 13.1. The lowest BCUT2D eigenvalue weighted by molar-refractivity contribution is -0.116. The Bertz CT molecular complexity index is 723. The van der Waals surface area contributed by atoms with Gasteiger partial charge in [-0.2, -0.15) is 0 Å². The molecule has 0 spiro atoms. The van der Waals surface area contributed by atoms with Crippen LogP contribution in [-0.4, -0.2) is 25.1 Å². The third-order valence-corrected chi connectivity index (χ3v) is 4.01. The van der Waals surface area contributed by atoms with E-state index in [1.165, 1.54) is 0 Å². The molecule has 0 heterocycles. The fourth-order valence-corrected chi connectivity index (χ4v) is 2.48. The highest BCUT2D eigenvalue weighted by atomic mass is 16.5. The molecule has 0 radical (unpaired) electrons. The monoisotopic (exact) mass is 369 g/mol. The molecule has 0 saturated carbocycles. The second kappa shape index (κ2) is 11.0. The SMILES string of the molecule is CCCCOC(=O)c1ccc(NC(=O)CCc2ccc(OCC)cc2)cc1. The number of amides is 1. The molecule has 0 atom stereocenters. The summed E-state index contributed by atoms with van der Waals surface area (Å²) in [5.74, 6) is 0.429. The van der Waals surface area contributed by atoms with Gasteiger partial charge in [-0.25, -0.2) is 4.79 Å². The van der Waals surface area contributed by atoms with E-state index in [9.17, 15) is 9.59 Å². The summed E-state index contributed by atoms with van der Waals surface area (Å²) in [6, 6.07) is 14.5. The van der Waals surface area contributed by atoms with Gasteiger partial charge in [-0.1, -0.05) is 25.5 Å². The van der Waals surface area contributed by atoms with Crippen LogP contribution in [0, 0.1) is 0 Å². The van der Waals surface area contributed by atoms with Crippen LogP contribution in [0.3, 0.4) is 0 Å². The first-order valence-electron chi connectivity index (χ1n) is 9.41. The van der Waals surface area contributed by atoms with E-state index in [0.29, 0.717) is 37.3 Å². The zero-order valence-corrected chi connectivity index (χ0v) is 16.0. The molecule has 27 heavy (non-hydrogen) atoms. The Labute approximate surface area is 160 Å². The van der Waals surface area contributed by atoms with Crippen molar-refractivity contribution in [2.45, 2.75) is 39.5 Å². The molecule has 0 aliphatic carbocycles. The van der Waals surface area contributed by atoms with Crippen molar-refractivity contribution in [2.24, 2.45) is 0 Å². The third kappa shape index (κ3) is 7.13. The molecular formula is C22H27NO4. The van der Waals surface area contributed by atoms with Gasteiger partial charge in [0.25, 0.3) is 0 Å². The van der Waals surface area contributed by atoms with Crippen LogP contribution in [0.2, 0.25) is 0 Å². The summed E-state index contributed by atoms with van der Waals surface area (Å²) in [5, 5.41) is 2.85. The highest BCUT2D eigenvalue weighted by Gasteiger charge is 2.08. The summed E-state index contributed by atoms with van der Waals surface area (Å²) in [4.78, 5) is 24.0. The number of rotatable bonds is 10. The Kier molecular flexibility index (Phi) is 8.36. The van der Waals surface area contributed by atoms with Crippen molar-refractivity contribution in [3.63, 3.8) is 0 Å². The van der Waals surface area contributed by atoms with Gasteiger partial charge in [0.05, 0.1) is 18.8 Å². The van der Waals surface area contributed by atoms with E-state index < -0.39 is 0 Å². The number of nitrogens with one attached hydrogen (secondary N) is 1. The van der Waals surface area contributed by atoms with Gasteiger partial charge >= 0.3 is 5.97 Å². The normalized spacial score (nSPS) is 10.3. The molecule has 5 nitrogen and oxygen atoms in total. The van der Waals surface area contributed by atoms with Gasteiger partial charge in [0.1, 0.15) is 5.75 Å². The average molecular weight is 369 g/mol. The van der Waals surface area contributed by atoms with E-state index in [0.717, 1.165) is 24.2 Å². The van der Waals surface area contributed by atoms with Crippen molar-refractivity contribution >= 4 is 17.6 Å². The number of anilines is 1. The largest absolute Gasteiger partial charge is 0.494 e. The molecule has 5 heteroatoms. The minimum absolute atomic E-state index is 0.0674. The van der Waals surface area contributed by atoms with E-state index in [-0.39, 0.29) is 11.9 Å².